The molecule has 0 aliphatic heterocycles. The Bertz CT molecular complexity index is 453. The van der Waals surface area contributed by atoms with Gasteiger partial charge in [0.1, 0.15) is 0 Å². The number of halogens is 8. The zero-order valence-corrected chi connectivity index (χ0v) is 12.5. The first-order chi connectivity index (χ1) is 9.97. The van der Waals surface area contributed by atoms with Crippen LogP contribution in [0.25, 0.3) is 0 Å². The zero-order valence-electron chi connectivity index (χ0n) is 12.5. The minimum atomic E-state index is -6.28. The first kappa shape index (κ1) is 21.6. The fourth-order valence-electron chi connectivity index (χ4n) is 1.39. The third-order valence-corrected chi connectivity index (χ3v) is 2.93. The number of esters is 1. The minimum Gasteiger partial charge on any atom is -0.459 e. The van der Waals surface area contributed by atoms with E-state index in [0.717, 1.165) is 6.92 Å². The number of alkyl halides is 8. The van der Waals surface area contributed by atoms with Crippen molar-refractivity contribution in [3.8, 4) is 0 Å². The first-order valence-corrected chi connectivity index (χ1v) is 6.35. The number of carbonyl (C=O) groups is 1. The van der Waals surface area contributed by atoms with Gasteiger partial charge in [0.05, 0.1) is 6.10 Å². The van der Waals surface area contributed by atoms with Crippen LogP contribution in [-0.4, -0.2) is 35.8 Å². The van der Waals surface area contributed by atoms with E-state index < -0.39 is 55.5 Å². The summed E-state index contributed by atoms with van der Waals surface area (Å²) in [6.07, 6.45) is -4.14. The summed E-state index contributed by atoms with van der Waals surface area (Å²) >= 11 is 0. The van der Waals surface area contributed by atoms with Crippen molar-refractivity contribution in [1.82, 2.24) is 0 Å². The molecule has 0 saturated heterocycles. The van der Waals surface area contributed by atoms with Gasteiger partial charge >= 0.3 is 29.7 Å². The van der Waals surface area contributed by atoms with Crippen LogP contribution < -0.4 is 0 Å². The van der Waals surface area contributed by atoms with E-state index in [2.05, 4.69) is 11.3 Å². The maximum atomic E-state index is 13.4. The number of hydrogen-bond donors (Lipinski definition) is 0. The highest BCUT2D eigenvalue weighted by atomic mass is 19.4. The lowest BCUT2D eigenvalue weighted by molar-refractivity contribution is -0.363. The molecule has 0 spiro atoms. The Hall–Kier alpha value is -1.35. The van der Waals surface area contributed by atoms with Crippen LogP contribution in [0.5, 0.6) is 0 Å². The van der Waals surface area contributed by atoms with E-state index in [4.69, 9.17) is 0 Å². The van der Waals surface area contributed by atoms with Crippen molar-refractivity contribution in [2.24, 2.45) is 0 Å². The van der Waals surface area contributed by atoms with Gasteiger partial charge in [-0.25, -0.2) is 4.79 Å². The maximum absolute atomic E-state index is 13.4. The van der Waals surface area contributed by atoms with Crippen molar-refractivity contribution >= 4 is 5.97 Å². The molecule has 0 aliphatic carbocycles. The lowest BCUT2D eigenvalue weighted by atomic mass is 9.95. The molecular formula is C13H16F8O2. The van der Waals surface area contributed by atoms with Gasteiger partial charge in [-0.1, -0.05) is 6.58 Å². The Labute approximate surface area is 127 Å². The SMILES string of the molecule is C=C(C)C(=O)OC(C)CCC(F)(F)C(F)(F)C(F)(F)C(C)(F)F. The van der Waals surface area contributed by atoms with Gasteiger partial charge in [0, 0.05) is 18.9 Å². The van der Waals surface area contributed by atoms with Crippen molar-refractivity contribution in [2.75, 3.05) is 0 Å². The van der Waals surface area contributed by atoms with Crippen LogP contribution in [-0.2, 0) is 9.53 Å². The smallest absolute Gasteiger partial charge is 0.378 e. The van der Waals surface area contributed by atoms with Gasteiger partial charge in [0.25, 0.3) is 0 Å². The van der Waals surface area contributed by atoms with E-state index in [1.807, 2.05) is 0 Å². The van der Waals surface area contributed by atoms with Gasteiger partial charge in [-0.2, -0.15) is 35.1 Å². The van der Waals surface area contributed by atoms with E-state index in [1.165, 1.54) is 6.92 Å². The average molecular weight is 356 g/mol. The molecule has 10 heteroatoms. The zero-order chi connectivity index (χ0) is 18.9. The van der Waals surface area contributed by atoms with Crippen molar-refractivity contribution < 1.29 is 44.7 Å². The second kappa shape index (κ2) is 6.64. The van der Waals surface area contributed by atoms with Crippen LogP contribution in [0.2, 0.25) is 0 Å². The molecule has 0 saturated carbocycles. The van der Waals surface area contributed by atoms with Crippen LogP contribution in [0.3, 0.4) is 0 Å². The lowest BCUT2D eigenvalue weighted by Crippen LogP contribution is -2.61. The lowest BCUT2D eigenvalue weighted by Gasteiger charge is -2.35. The molecule has 0 amide bonds. The Balaban J connectivity index is 5.06. The summed E-state index contributed by atoms with van der Waals surface area (Å²) < 4.78 is 109. The van der Waals surface area contributed by atoms with Crippen molar-refractivity contribution in [3.05, 3.63) is 12.2 Å². The molecule has 0 aromatic heterocycles. The molecule has 23 heavy (non-hydrogen) atoms. The minimum absolute atomic E-state index is 0.0916. The standard InChI is InChI=1S/C13H16F8O2/c1-7(2)9(22)23-8(3)5-6-11(16,17)13(20,21)12(18,19)10(4,14)15/h8H,1,5-6H2,2-4H3. The van der Waals surface area contributed by atoms with Crippen LogP contribution in [0.4, 0.5) is 35.1 Å². The molecule has 1 unspecified atom stereocenters. The third-order valence-electron chi connectivity index (χ3n) is 2.93. The normalized spacial score (nSPS) is 15.3. The van der Waals surface area contributed by atoms with Crippen molar-refractivity contribution in [1.29, 1.82) is 0 Å². The van der Waals surface area contributed by atoms with Crippen molar-refractivity contribution in [3.63, 3.8) is 0 Å². The van der Waals surface area contributed by atoms with Gasteiger partial charge in [-0.15, -0.1) is 0 Å². The van der Waals surface area contributed by atoms with E-state index in [-0.39, 0.29) is 5.57 Å². The summed E-state index contributed by atoms with van der Waals surface area (Å²) in [6.45, 7) is 4.91. The van der Waals surface area contributed by atoms with Gasteiger partial charge in [0.2, 0.25) is 0 Å². The fourth-order valence-corrected chi connectivity index (χ4v) is 1.39. The predicted octanol–water partition coefficient (Wildman–Crippen LogP) is 4.84. The number of hydrogen-bond acceptors (Lipinski definition) is 2. The monoisotopic (exact) mass is 356 g/mol. The van der Waals surface area contributed by atoms with E-state index in [0.29, 0.717) is 0 Å². The Kier molecular flexibility index (Phi) is 6.25. The Morgan fingerprint density at radius 3 is 1.83 bits per heavy atom. The summed E-state index contributed by atoms with van der Waals surface area (Å²) in [4.78, 5) is 11.1. The van der Waals surface area contributed by atoms with Crippen LogP contribution in [0.15, 0.2) is 12.2 Å². The molecule has 0 aromatic carbocycles. The Morgan fingerprint density at radius 1 is 1.04 bits per heavy atom. The second-order valence-electron chi connectivity index (χ2n) is 5.28. The summed E-state index contributed by atoms with van der Waals surface area (Å²) in [5, 5.41) is 0. The second-order valence-corrected chi connectivity index (χ2v) is 5.28. The maximum Gasteiger partial charge on any atom is 0.378 e. The third kappa shape index (κ3) is 4.57. The largest absolute Gasteiger partial charge is 0.459 e. The van der Waals surface area contributed by atoms with Gasteiger partial charge in [0.15, 0.2) is 0 Å². The molecule has 0 N–H and O–H groups in total. The highest BCUT2D eigenvalue weighted by molar-refractivity contribution is 5.87. The quantitative estimate of drug-likeness (QED) is 0.354. The molecule has 0 fully saturated rings. The summed E-state index contributed by atoms with van der Waals surface area (Å²) in [7, 11) is 0. The number of rotatable bonds is 8. The fraction of sp³-hybridized carbons (Fsp3) is 0.769. The van der Waals surface area contributed by atoms with E-state index >= 15 is 0 Å². The van der Waals surface area contributed by atoms with Crippen LogP contribution in [0, 0.1) is 0 Å². The summed E-state index contributed by atoms with van der Waals surface area (Å²) in [5.41, 5.74) is -0.0916. The highest BCUT2D eigenvalue weighted by Crippen LogP contribution is 2.53. The van der Waals surface area contributed by atoms with Crippen LogP contribution in [0.1, 0.15) is 33.6 Å². The molecule has 0 aromatic rings. The molecule has 2 nitrogen and oxygen atoms in total. The molecule has 0 radical (unpaired) electrons. The molecule has 0 rings (SSSR count). The molecular weight excluding hydrogens is 340 g/mol. The molecule has 136 valence electrons. The predicted molar refractivity (Wildman–Crippen MR) is 65.1 cm³/mol. The highest BCUT2D eigenvalue weighted by Gasteiger charge is 2.78. The number of ether oxygens (including phenoxy) is 1. The summed E-state index contributed by atoms with van der Waals surface area (Å²) in [5.74, 6) is -24.3. The van der Waals surface area contributed by atoms with Gasteiger partial charge < -0.3 is 4.74 Å². The van der Waals surface area contributed by atoms with E-state index in [1.54, 1.807) is 0 Å². The van der Waals surface area contributed by atoms with E-state index in [9.17, 15) is 39.9 Å². The molecule has 0 aliphatic rings. The topological polar surface area (TPSA) is 26.3 Å². The summed E-state index contributed by atoms with van der Waals surface area (Å²) in [6, 6.07) is 0. The Morgan fingerprint density at radius 2 is 1.48 bits per heavy atom. The average Bonchev–Trinajstić information content (AvgIpc) is 2.34. The van der Waals surface area contributed by atoms with Crippen molar-refractivity contribution in [2.45, 2.75) is 63.4 Å². The molecule has 0 bridgehead atoms. The molecule has 0 heterocycles. The van der Waals surface area contributed by atoms with Gasteiger partial charge in [-0.3, -0.25) is 0 Å². The first-order valence-electron chi connectivity index (χ1n) is 6.35. The van der Waals surface area contributed by atoms with Crippen LogP contribution >= 0.6 is 0 Å². The molecule has 1 atom stereocenters. The van der Waals surface area contributed by atoms with Gasteiger partial charge in [-0.05, 0) is 20.3 Å². The number of carbonyl (C=O) groups excluding carboxylic acids is 1.